The van der Waals surface area contributed by atoms with Gasteiger partial charge in [0.05, 0.1) is 11.6 Å². The van der Waals surface area contributed by atoms with E-state index in [0.29, 0.717) is 0 Å². The quantitative estimate of drug-likeness (QED) is 0.762. The van der Waals surface area contributed by atoms with Crippen molar-refractivity contribution in [3.8, 4) is 6.07 Å². The number of hydrogen-bond acceptors (Lipinski definition) is 2. The van der Waals surface area contributed by atoms with Gasteiger partial charge >= 0.3 is 0 Å². The fraction of sp³-hybridized carbons (Fsp3) is 0.500. The van der Waals surface area contributed by atoms with Gasteiger partial charge in [0.15, 0.2) is 14.4 Å². The Morgan fingerprint density at radius 2 is 1.68 bits per heavy atom. The van der Waals surface area contributed by atoms with Crippen LogP contribution in [0.2, 0.25) is 18.1 Å². The van der Waals surface area contributed by atoms with Crippen molar-refractivity contribution in [3.63, 3.8) is 0 Å². The van der Waals surface area contributed by atoms with Gasteiger partial charge in [0, 0.05) is 0 Å². The summed E-state index contributed by atoms with van der Waals surface area (Å²) in [6.07, 6.45) is -1.21. The van der Waals surface area contributed by atoms with Crippen LogP contribution in [-0.4, -0.2) is 8.32 Å². The smallest absolute Gasteiger partial charge is 0.194 e. The highest BCUT2D eigenvalue weighted by Gasteiger charge is 2.40. The monoisotopic (exact) mass is 283 g/mol. The van der Waals surface area contributed by atoms with Crippen LogP contribution >= 0.6 is 0 Å². The van der Waals surface area contributed by atoms with Crippen molar-refractivity contribution >= 4 is 8.32 Å². The third-order valence-corrected chi connectivity index (χ3v) is 8.04. The van der Waals surface area contributed by atoms with Crippen molar-refractivity contribution in [1.29, 1.82) is 5.26 Å². The molecule has 0 saturated carbocycles. The highest BCUT2D eigenvalue weighted by Crippen LogP contribution is 2.40. The first-order valence-electron chi connectivity index (χ1n) is 6.11. The lowest BCUT2D eigenvalue weighted by atomic mass is 10.1. The molecule has 0 aliphatic heterocycles. The Morgan fingerprint density at radius 1 is 1.21 bits per heavy atom. The van der Waals surface area contributed by atoms with Crippen molar-refractivity contribution in [3.05, 3.63) is 35.4 Å². The van der Waals surface area contributed by atoms with Crippen LogP contribution in [0.4, 0.5) is 8.78 Å². The maximum Gasteiger partial charge on any atom is 0.194 e. The van der Waals surface area contributed by atoms with Crippen LogP contribution in [0.5, 0.6) is 0 Å². The lowest BCUT2D eigenvalue weighted by Gasteiger charge is -2.37. The third kappa shape index (κ3) is 3.40. The second-order valence-corrected chi connectivity index (χ2v) is 10.8. The summed E-state index contributed by atoms with van der Waals surface area (Å²) in [5.41, 5.74) is -0.296. The molecule has 0 fully saturated rings. The summed E-state index contributed by atoms with van der Waals surface area (Å²) in [6.45, 7) is 9.90. The summed E-state index contributed by atoms with van der Waals surface area (Å²) in [4.78, 5) is 0. The van der Waals surface area contributed by atoms with E-state index in [2.05, 4.69) is 0 Å². The summed E-state index contributed by atoms with van der Waals surface area (Å²) in [7, 11) is -2.27. The standard InChI is InChI=1S/C14H19F2NOSi/c1-14(2,3)19(4,5)18-12(9-17)13-10(15)7-6-8-11(13)16/h6-8,12H,1-5H3. The molecular formula is C14H19F2NOSi. The molecule has 0 aliphatic carbocycles. The molecule has 1 aromatic carbocycles. The zero-order chi connectivity index (χ0) is 14.8. The zero-order valence-electron chi connectivity index (χ0n) is 11.9. The average Bonchev–Trinajstić information content (AvgIpc) is 2.25. The van der Waals surface area contributed by atoms with Gasteiger partial charge in [-0.3, -0.25) is 0 Å². The van der Waals surface area contributed by atoms with Crippen LogP contribution in [0.25, 0.3) is 0 Å². The van der Waals surface area contributed by atoms with E-state index in [1.54, 1.807) is 0 Å². The molecule has 1 atom stereocenters. The fourth-order valence-electron chi connectivity index (χ4n) is 1.38. The molecule has 5 heteroatoms. The number of halogens is 2. The highest BCUT2D eigenvalue weighted by atomic mass is 28.4. The van der Waals surface area contributed by atoms with E-state index < -0.39 is 26.1 Å². The Balaban J connectivity index is 3.14. The van der Waals surface area contributed by atoms with Crippen molar-refractivity contribution in [2.75, 3.05) is 0 Å². The van der Waals surface area contributed by atoms with Gasteiger partial charge in [0.2, 0.25) is 0 Å². The number of nitrogens with zero attached hydrogens (tertiary/aromatic N) is 1. The molecule has 1 aromatic rings. The van der Waals surface area contributed by atoms with Crippen LogP contribution in [0.3, 0.4) is 0 Å². The van der Waals surface area contributed by atoms with Gasteiger partial charge in [-0.15, -0.1) is 0 Å². The van der Waals surface area contributed by atoms with Crippen molar-refractivity contribution in [1.82, 2.24) is 0 Å². The number of hydrogen-bond donors (Lipinski definition) is 0. The molecule has 2 nitrogen and oxygen atoms in total. The SMILES string of the molecule is CC(C)(C)[Si](C)(C)OC(C#N)c1c(F)cccc1F. The van der Waals surface area contributed by atoms with Gasteiger partial charge in [0.1, 0.15) is 11.6 Å². The normalized spacial score (nSPS) is 14.0. The first kappa shape index (κ1) is 15.8. The molecule has 0 amide bonds. The van der Waals surface area contributed by atoms with Crippen LogP contribution in [0.15, 0.2) is 18.2 Å². The van der Waals surface area contributed by atoms with E-state index in [1.165, 1.54) is 6.07 Å². The van der Waals surface area contributed by atoms with E-state index >= 15 is 0 Å². The number of nitriles is 1. The van der Waals surface area contributed by atoms with Crippen molar-refractivity contribution in [2.45, 2.75) is 45.0 Å². The summed E-state index contributed by atoms with van der Waals surface area (Å²) in [5, 5.41) is 9.04. The van der Waals surface area contributed by atoms with Crippen LogP contribution in [0.1, 0.15) is 32.4 Å². The predicted octanol–water partition coefficient (Wildman–Crippen LogP) is 4.55. The minimum atomic E-state index is -2.27. The van der Waals surface area contributed by atoms with Crippen molar-refractivity contribution in [2.24, 2.45) is 0 Å². The van der Waals surface area contributed by atoms with Crippen LogP contribution in [0, 0.1) is 23.0 Å². The maximum absolute atomic E-state index is 13.7. The molecule has 1 rings (SSSR count). The molecule has 0 aromatic heterocycles. The molecule has 1 unspecified atom stereocenters. The fourth-order valence-corrected chi connectivity index (χ4v) is 2.50. The molecule has 0 heterocycles. The van der Waals surface area contributed by atoms with Gasteiger partial charge < -0.3 is 4.43 Å². The predicted molar refractivity (Wildman–Crippen MR) is 73.0 cm³/mol. The maximum atomic E-state index is 13.7. The summed E-state index contributed by atoms with van der Waals surface area (Å²) < 4.78 is 33.2. The molecule has 19 heavy (non-hydrogen) atoms. The second-order valence-electron chi connectivity index (χ2n) is 6.02. The van der Waals surface area contributed by atoms with E-state index in [9.17, 15) is 14.0 Å². The van der Waals surface area contributed by atoms with Crippen LogP contribution < -0.4 is 0 Å². The molecule has 0 bridgehead atoms. The highest BCUT2D eigenvalue weighted by molar-refractivity contribution is 6.74. The minimum absolute atomic E-state index is 0.135. The van der Waals surface area contributed by atoms with Crippen LogP contribution in [-0.2, 0) is 4.43 Å². The minimum Gasteiger partial charge on any atom is -0.398 e. The van der Waals surface area contributed by atoms with Gasteiger partial charge in [-0.1, -0.05) is 26.8 Å². The Kier molecular flexibility index (Phi) is 4.49. The number of rotatable bonds is 3. The van der Waals surface area contributed by atoms with E-state index in [4.69, 9.17) is 4.43 Å². The molecule has 104 valence electrons. The summed E-state index contributed by atoms with van der Waals surface area (Å²) in [6, 6.07) is 5.41. The lowest BCUT2D eigenvalue weighted by molar-refractivity contribution is 0.225. The van der Waals surface area contributed by atoms with E-state index in [1.807, 2.05) is 39.9 Å². The van der Waals surface area contributed by atoms with Gasteiger partial charge in [-0.2, -0.15) is 5.26 Å². The Bertz CT molecular complexity index is 483. The lowest BCUT2D eigenvalue weighted by Crippen LogP contribution is -2.41. The van der Waals surface area contributed by atoms with Crippen molar-refractivity contribution < 1.29 is 13.2 Å². The number of benzene rings is 1. The first-order valence-corrected chi connectivity index (χ1v) is 9.02. The average molecular weight is 283 g/mol. The summed E-state index contributed by atoms with van der Waals surface area (Å²) in [5.74, 6) is -1.49. The molecule has 0 aliphatic rings. The molecule has 0 saturated heterocycles. The van der Waals surface area contributed by atoms with E-state index in [-0.39, 0.29) is 10.6 Å². The van der Waals surface area contributed by atoms with Gasteiger partial charge in [-0.05, 0) is 30.3 Å². The molecule has 0 radical (unpaired) electrons. The topological polar surface area (TPSA) is 33.0 Å². The van der Waals surface area contributed by atoms with Gasteiger partial charge in [0.25, 0.3) is 0 Å². The Hall–Kier alpha value is -1.25. The second kappa shape index (κ2) is 5.39. The largest absolute Gasteiger partial charge is 0.398 e. The molecule has 0 N–H and O–H groups in total. The summed E-state index contributed by atoms with van der Waals surface area (Å²) >= 11 is 0. The molecule has 0 spiro atoms. The van der Waals surface area contributed by atoms with E-state index in [0.717, 1.165) is 12.1 Å². The Labute approximate surface area is 114 Å². The zero-order valence-corrected chi connectivity index (χ0v) is 12.9. The first-order chi connectivity index (χ1) is 8.60. The molecular weight excluding hydrogens is 264 g/mol. The third-order valence-electron chi connectivity index (χ3n) is 3.60. The van der Waals surface area contributed by atoms with Gasteiger partial charge in [-0.25, -0.2) is 8.78 Å². The Morgan fingerprint density at radius 3 is 2.05 bits per heavy atom.